The molecule has 3 rings (SSSR count). The van der Waals surface area contributed by atoms with Crippen molar-refractivity contribution < 1.29 is 9.59 Å². The Hall–Kier alpha value is -1.64. The van der Waals surface area contributed by atoms with E-state index in [9.17, 15) is 9.59 Å². The van der Waals surface area contributed by atoms with Crippen molar-refractivity contribution in [3.05, 3.63) is 29.8 Å². The number of para-hydroxylation sites is 1. The zero-order chi connectivity index (χ0) is 11.8. The van der Waals surface area contributed by atoms with Crippen LogP contribution in [-0.2, 0) is 16.0 Å². The summed E-state index contributed by atoms with van der Waals surface area (Å²) in [6.07, 6.45) is 3.39. The van der Waals surface area contributed by atoms with Gasteiger partial charge in [0.25, 0.3) is 0 Å². The first-order valence-electron chi connectivity index (χ1n) is 6.17. The van der Waals surface area contributed by atoms with E-state index in [1.807, 2.05) is 29.2 Å². The Labute approximate surface area is 100 Å². The molecule has 1 aromatic rings. The molecule has 0 saturated heterocycles. The van der Waals surface area contributed by atoms with Crippen molar-refractivity contribution in [3.8, 4) is 0 Å². The van der Waals surface area contributed by atoms with Crippen LogP contribution in [0, 0.1) is 0 Å². The van der Waals surface area contributed by atoms with Crippen molar-refractivity contribution >= 4 is 17.4 Å². The summed E-state index contributed by atoms with van der Waals surface area (Å²) in [5, 5.41) is 0. The van der Waals surface area contributed by atoms with Crippen LogP contribution in [-0.4, -0.2) is 17.7 Å². The van der Waals surface area contributed by atoms with Crippen molar-refractivity contribution in [2.45, 2.75) is 38.1 Å². The second kappa shape index (κ2) is 3.99. The molecule has 0 bridgehead atoms. The monoisotopic (exact) mass is 229 g/mol. The van der Waals surface area contributed by atoms with Crippen molar-refractivity contribution in [1.82, 2.24) is 0 Å². The summed E-state index contributed by atoms with van der Waals surface area (Å²) in [4.78, 5) is 25.2. The highest BCUT2D eigenvalue weighted by Crippen LogP contribution is 2.34. The molecule has 88 valence electrons. The average Bonchev–Trinajstić information content (AvgIpc) is 2.66. The quantitative estimate of drug-likeness (QED) is 0.739. The van der Waals surface area contributed by atoms with Gasteiger partial charge in [0.2, 0.25) is 5.91 Å². The standard InChI is InChI=1S/C14H15NO2/c16-12-7-5-11(6-8-12)15-13-4-2-1-3-10(13)9-14(15)17/h1-4,11H,5-9H2. The molecule has 0 aromatic heterocycles. The maximum atomic E-state index is 12.1. The largest absolute Gasteiger partial charge is 0.309 e. The van der Waals surface area contributed by atoms with Gasteiger partial charge in [-0.2, -0.15) is 0 Å². The van der Waals surface area contributed by atoms with Crippen LogP contribution < -0.4 is 4.90 Å². The summed E-state index contributed by atoms with van der Waals surface area (Å²) in [5.74, 6) is 0.520. The van der Waals surface area contributed by atoms with Gasteiger partial charge in [-0.25, -0.2) is 0 Å². The van der Waals surface area contributed by atoms with E-state index < -0.39 is 0 Å². The highest BCUT2D eigenvalue weighted by atomic mass is 16.2. The third-order valence-electron chi connectivity index (χ3n) is 3.74. The van der Waals surface area contributed by atoms with Gasteiger partial charge in [0.15, 0.2) is 0 Å². The SMILES string of the molecule is O=C1CCC(N2C(=O)Cc3ccccc32)CC1. The van der Waals surface area contributed by atoms with Crippen LogP contribution in [0.2, 0.25) is 0 Å². The van der Waals surface area contributed by atoms with E-state index >= 15 is 0 Å². The lowest BCUT2D eigenvalue weighted by atomic mass is 9.93. The molecule has 1 fully saturated rings. The average molecular weight is 229 g/mol. The number of fused-ring (bicyclic) bond motifs is 1. The van der Waals surface area contributed by atoms with Crippen LogP contribution in [0.4, 0.5) is 5.69 Å². The maximum Gasteiger partial charge on any atom is 0.231 e. The smallest absolute Gasteiger partial charge is 0.231 e. The van der Waals surface area contributed by atoms with Crippen LogP contribution in [0.25, 0.3) is 0 Å². The van der Waals surface area contributed by atoms with Gasteiger partial charge in [0, 0.05) is 24.6 Å². The summed E-state index contributed by atoms with van der Waals surface area (Å²) < 4.78 is 0. The van der Waals surface area contributed by atoms with Gasteiger partial charge in [-0.15, -0.1) is 0 Å². The molecular formula is C14H15NO2. The molecule has 0 radical (unpaired) electrons. The fourth-order valence-electron chi connectivity index (χ4n) is 2.86. The fourth-order valence-corrected chi connectivity index (χ4v) is 2.86. The second-order valence-electron chi connectivity index (χ2n) is 4.84. The molecule has 2 aliphatic rings. The summed E-state index contributed by atoms with van der Waals surface area (Å²) in [7, 11) is 0. The van der Waals surface area contributed by atoms with E-state index in [1.165, 1.54) is 0 Å². The lowest BCUT2D eigenvalue weighted by Gasteiger charge is -2.31. The lowest BCUT2D eigenvalue weighted by molar-refractivity contribution is -0.122. The molecular weight excluding hydrogens is 214 g/mol. The van der Waals surface area contributed by atoms with E-state index in [0.717, 1.165) is 24.1 Å². The van der Waals surface area contributed by atoms with E-state index in [0.29, 0.717) is 25.0 Å². The number of amides is 1. The van der Waals surface area contributed by atoms with Gasteiger partial charge in [-0.05, 0) is 24.5 Å². The summed E-state index contributed by atoms with van der Waals surface area (Å²) in [6.45, 7) is 0. The molecule has 0 unspecified atom stereocenters. The number of carbonyl (C=O) groups excluding carboxylic acids is 2. The third kappa shape index (κ3) is 1.75. The first-order valence-corrected chi connectivity index (χ1v) is 6.17. The van der Waals surface area contributed by atoms with Gasteiger partial charge in [-0.1, -0.05) is 18.2 Å². The van der Waals surface area contributed by atoms with Gasteiger partial charge >= 0.3 is 0 Å². The topological polar surface area (TPSA) is 37.4 Å². The van der Waals surface area contributed by atoms with Gasteiger partial charge in [0.05, 0.1) is 6.42 Å². The minimum Gasteiger partial charge on any atom is -0.309 e. The zero-order valence-corrected chi connectivity index (χ0v) is 9.69. The summed E-state index contributed by atoms with van der Waals surface area (Å²) in [5.41, 5.74) is 2.17. The number of anilines is 1. The number of ketones is 1. The van der Waals surface area contributed by atoms with Crippen LogP contribution in [0.5, 0.6) is 0 Å². The predicted octanol–water partition coefficient (Wildman–Crippen LogP) is 2.09. The van der Waals surface area contributed by atoms with Crippen molar-refractivity contribution in [2.75, 3.05) is 4.90 Å². The lowest BCUT2D eigenvalue weighted by Crippen LogP contribution is -2.40. The van der Waals surface area contributed by atoms with Gasteiger partial charge in [0.1, 0.15) is 5.78 Å². The number of hydrogen-bond acceptors (Lipinski definition) is 2. The molecule has 1 saturated carbocycles. The Morgan fingerprint density at radius 2 is 1.76 bits per heavy atom. The van der Waals surface area contributed by atoms with E-state index in [1.54, 1.807) is 0 Å². The predicted molar refractivity (Wildman–Crippen MR) is 64.9 cm³/mol. The number of rotatable bonds is 1. The Balaban J connectivity index is 1.88. The van der Waals surface area contributed by atoms with E-state index in [4.69, 9.17) is 0 Å². The van der Waals surface area contributed by atoms with Crippen LogP contribution in [0.3, 0.4) is 0 Å². The van der Waals surface area contributed by atoms with Gasteiger partial charge < -0.3 is 4.90 Å². The number of benzene rings is 1. The Morgan fingerprint density at radius 3 is 2.53 bits per heavy atom. The van der Waals surface area contributed by atoms with E-state index in [-0.39, 0.29) is 11.9 Å². The van der Waals surface area contributed by atoms with Crippen molar-refractivity contribution in [1.29, 1.82) is 0 Å². The molecule has 1 heterocycles. The Bertz CT molecular complexity index is 471. The fraction of sp³-hybridized carbons (Fsp3) is 0.429. The molecule has 0 spiro atoms. The molecule has 1 aliphatic carbocycles. The maximum absolute atomic E-state index is 12.1. The normalized spacial score (nSPS) is 20.8. The third-order valence-corrected chi connectivity index (χ3v) is 3.74. The highest BCUT2D eigenvalue weighted by molar-refractivity contribution is 6.02. The number of nitrogens with zero attached hydrogens (tertiary/aromatic N) is 1. The van der Waals surface area contributed by atoms with Gasteiger partial charge in [-0.3, -0.25) is 9.59 Å². The molecule has 0 N–H and O–H groups in total. The highest BCUT2D eigenvalue weighted by Gasteiger charge is 2.34. The minimum absolute atomic E-state index is 0.186. The summed E-state index contributed by atoms with van der Waals surface area (Å²) >= 11 is 0. The van der Waals surface area contributed by atoms with Crippen LogP contribution in [0.15, 0.2) is 24.3 Å². The molecule has 1 aliphatic heterocycles. The minimum atomic E-state index is 0.186. The summed E-state index contributed by atoms with van der Waals surface area (Å²) in [6, 6.07) is 8.19. The Morgan fingerprint density at radius 1 is 1.06 bits per heavy atom. The Kier molecular flexibility index (Phi) is 2.46. The molecule has 17 heavy (non-hydrogen) atoms. The molecule has 0 atom stereocenters. The molecule has 1 aromatic carbocycles. The molecule has 3 nitrogen and oxygen atoms in total. The zero-order valence-electron chi connectivity index (χ0n) is 9.69. The van der Waals surface area contributed by atoms with E-state index in [2.05, 4.69) is 0 Å². The molecule has 1 amide bonds. The molecule has 3 heteroatoms. The second-order valence-corrected chi connectivity index (χ2v) is 4.84. The number of Topliss-reactive ketones (excluding diaryl/α,β-unsaturated/α-hetero) is 1. The number of carbonyl (C=O) groups is 2. The van der Waals surface area contributed by atoms with Crippen molar-refractivity contribution in [3.63, 3.8) is 0 Å². The van der Waals surface area contributed by atoms with Crippen molar-refractivity contribution in [2.24, 2.45) is 0 Å². The number of hydrogen-bond donors (Lipinski definition) is 0. The first kappa shape index (κ1) is 10.5. The van der Waals surface area contributed by atoms with Crippen LogP contribution >= 0.6 is 0 Å². The van der Waals surface area contributed by atoms with Crippen LogP contribution in [0.1, 0.15) is 31.2 Å². The first-order chi connectivity index (χ1) is 8.25.